The Bertz CT molecular complexity index is 555. The Hall–Kier alpha value is -2.08. The minimum absolute atomic E-state index is 0.0769. The van der Waals surface area contributed by atoms with Crippen LogP contribution in [0, 0.1) is 5.82 Å². The Morgan fingerprint density at radius 3 is 2.70 bits per heavy atom. The van der Waals surface area contributed by atoms with Crippen molar-refractivity contribution in [2.24, 2.45) is 0 Å². The van der Waals surface area contributed by atoms with E-state index in [0.717, 1.165) is 0 Å². The molecule has 1 heterocycles. The van der Waals surface area contributed by atoms with Crippen molar-refractivity contribution in [2.75, 3.05) is 24.5 Å². The van der Waals surface area contributed by atoms with Crippen molar-refractivity contribution in [2.45, 2.75) is 32.6 Å². The molecule has 1 aromatic rings. The molecule has 5 nitrogen and oxygen atoms in total. The Morgan fingerprint density at radius 1 is 1.39 bits per heavy atom. The van der Waals surface area contributed by atoms with Gasteiger partial charge in [0.05, 0.1) is 17.9 Å². The first kappa shape index (κ1) is 17.3. The van der Waals surface area contributed by atoms with Crippen LogP contribution < -0.4 is 15.5 Å². The van der Waals surface area contributed by atoms with Gasteiger partial charge in [0, 0.05) is 26.2 Å². The summed E-state index contributed by atoms with van der Waals surface area (Å²) in [5.74, 6) is -0.280. The second kappa shape index (κ2) is 7.97. The van der Waals surface area contributed by atoms with Gasteiger partial charge >= 0.3 is 6.03 Å². The zero-order chi connectivity index (χ0) is 16.8. The third-order valence-corrected chi connectivity index (χ3v) is 3.63. The Kier molecular flexibility index (Phi) is 5.98. The highest BCUT2D eigenvalue weighted by atomic mass is 19.1. The van der Waals surface area contributed by atoms with Crippen LogP contribution in [0.3, 0.4) is 0 Å². The van der Waals surface area contributed by atoms with Crippen molar-refractivity contribution < 1.29 is 13.9 Å². The van der Waals surface area contributed by atoms with Gasteiger partial charge in [-0.3, -0.25) is 0 Å². The zero-order valence-corrected chi connectivity index (χ0v) is 13.6. The fourth-order valence-electron chi connectivity index (χ4n) is 2.70. The number of nitrogens with zero attached hydrogens (tertiary/aromatic N) is 1. The summed E-state index contributed by atoms with van der Waals surface area (Å²) < 4.78 is 20.1. The van der Waals surface area contributed by atoms with Crippen LogP contribution >= 0.6 is 0 Å². The molecule has 6 heteroatoms. The van der Waals surface area contributed by atoms with Gasteiger partial charge in [-0.2, -0.15) is 0 Å². The maximum atomic E-state index is 14.4. The monoisotopic (exact) mass is 321 g/mol. The van der Waals surface area contributed by atoms with Gasteiger partial charge in [0.25, 0.3) is 0 Å². The van der Waals surface area contributed by atoms with Gasteiger partial charge in [0.1, 0.15) is 5.82 Å². The number of rotatable bonds is 5. The summed E-state index contributed by atoms with van der Waals surface area (Å²) in [5, 5.41) is 5.28. The molecule has 0 aromatic heterocycles. The second-order valence-electron chi connectivity index (χ2n) is 5.80. The van der Waals surface area contributed by atoms with Crippen molar-refractivity contribution in [3.8, 4) is 0 Å². The fourth-order valence-corrected chi connectivity index (χ4v) is 2.70. The minimum atomic E-state index is -0.301. The van der Waals surface area contributed by atoms with Gasteiger partial charge in [0.2, 0.25) is 0 Å². The lowest BCUT2D eigenvalue weighted by Gasteiger charge is -2.37. The van der Waals surface area contributed by atoms with E-state index in [1.54, 1.807) is 12.1 Å². The third kappa shape index (κ3) is 4.96. The van der Waals surface area contributed by atoms with E-state index in [-0.39, 0.29) is 30.6 Å². The lowest BCUT2D eigenvalue weighted by atomic mass is 10.1. The highest BCUT2D eigenvalue weighted by molar-refractivity contribution is 5.73. The quantitative estimate of drug-likeness (QED) is 0.819. The van der Waals surface area contributed by atoms with Crippen LogP contribution in [-0.2, 0) is 11.3 Å². The molecule has 2 atom stereocenters. The highest BCUT2D eigenvalue weighted by Crippen LogP contribution is 2.24. The van der Waals surface area contributed by atoms with Gasteiger partial charge in [-0.1, -0.05) is 12.1 Å². The molecular weight excluding hydrogens is 297 g/mol. The fraction of sp³-hybridized carbons (Fsp3) is 0.471. The Morgan fingerprint density at radius 2 is 2.09 bits per heavy atom. The van der Waals surface area contributed by atoms with Gasteiger partial charge in [0.15, 0.2) is 0 Å². The predicted molar refractivity (Wildman–Crippen MR) is 89.1 cm³/mol. The van der Waals surface area contributed by atoms with Crippen LogP contribution in [0.4, 0.5) is 14.9 Å². The summed E-state index contributed by atoms with van der Waals surface area (Å²) in [6.45, 7) is 9.50. The Balaban J connectivity index is 1.97. The first-order valence-corrected chi connectivity index (χ1v) is 7.81. The lowest BCUT2D eigenvalue weighted by Crippen LogP contribution is -2.45. The van der Waals surface area contributed by atoms with Crippen LogP contribution in [0.2, 0.25) is 0 Å². The summed E-state index contributed by atoms with van der Waals surface area (Å²) in [4.78, 5) is 13.5. The molecular formula is C17H24FN3O2. The van der Waals surface area contributed by atoms with Crippen LogP contribution in [0.5, 0.6) is 0 Å². The van der Waals surface area contributed by atoms with E-state index in [0.29, 0.717) is 30.9 Å². The summed E-state index contributed by atoms with van der Waals surface area (Å²) in [5.41, 5.74) is 1.29. The van der Waals surface area contributed by atoms with E-state index in [9.17, 15) is 9.18 Å². The number of hydrogen-bond acceptors (Lipinski definition) is 3. The van der Waals surface area contributed by atoms with Crippen molar-refractivity contribution in [1.29, 1.82) is 0 Å². The van der Waals surface area contributed by atoms with Crippen molar-refractivity contribution >= 4 is 11.7 Å². The molecule has 1 aromatic carbocycles. The van der Waals surface area contributed by atoms with Crippen LogP contribution in [0.1, 0.15) is 19.4 Å². The normalized spacial score (nSPS) is 20.9. The summed E-state index contributed by atoms with van der Waals surface area (Å²) in [6.07, 6.45) is 1.75. The molecule has 0 bridgehead atoms. The molecule has 23 heavy (non-hydrogen) atoms. The first-order chi connectivity index (χ1) is 11.0. The molecule has 126 valence electrons. The maximum absolute atomic E-state index is 14.4. The number of carbonyl (C=O) groups excluding carboxylic acids is 1. The average molecular weight is 321 g/mol. The van der Waals surface area contributed by atoms with Gasteiger partial charge in [-0.15, -0.1) is 6.58 Å². The van der Waals surface area contributed by atoms with E-state index in [4.69, 9.17) is 4.74 Å². The van der Waals surface area contributed by atoms with Gasteiger partial charge < -0.3 is 20.3 Å². The first-order valence-electron chi connectivity index (χ1n) is 7.81. The highest BCUT2D eigenvalue weighted by Gasteiger charge is 2.24. The molecule has 1 aliphatic rings. The number of anilines is 1. The molecule has 1 fully saturated rings. The van der Waals surface area contributed by atoms with Gasteiger partial charge in [-0.25, -0.2) is 9.18 Å². The molecule has 1 aliphatic heterocycles. The maximum Gasteiger partial charge on any atom is 0.315 e. The molecule has 1 saturated heterocycles. The molecule has 0 saturated carbocycles. The minimum Gasteiger partial charge on any atom is -0.372 e. The summed E-state index contributed by atoms with van der Waals surface area (Å²) in [6, 6.07) is 4.76. The number of urea groups is 1. The van der Waals surface area contributed by atoms with E-state index < -0.39 is 0 Å². The molecule has 2 unspecified atom stereocenters. The lowest BCUT2D eigenvalue weighted by molar-refractivity contribution is -0.00539. The van der Waals surface area contributed by atoms with E-state index in [1.807, 2.05) is 24.8 Å². The molecule has 2 N–H and O–H groups in total. The standard InChI is InChI=1S/C17H24FN3O2/c1-4-7-19-17(22)20-9-14-5-6-16(15(18)8-14)21-10-12(2)23-13(3)11-21/h4-6,8,12-13H,1,7,9-11H2,2-3H3,(H2,19,20,22). The largest absolute Gasteiger partial charge is 0.372 e. The van der Waals surface area contributed by atoms with E-state index in [1.165, 1.54) is 6.07 Å². The number of amides is 2. The number of hydrogen-bond donors (Lipinski definition) is 2. The van der Waals surface area contributed by atoms with E-state index >= 15 is 0 Å². The zero-order valence-electron chi connectivity index (χ0n) is 13.6. The van der Waals surface area contributed by atoms with Crippen LogP contribution in [0.15, 0.2) is 30.9 Å². The van der Waals surface area contributed by atoms with E-state index in [2.05, 4.69) is 17.2 Å². The predicted octanol–water partition coefficient (Wildman–Crippen LogP) is 2.42. The smallest absolute Gasteiger partial charge is 0.315 e. The average Bonchev–Trinajstić information content (AvgIpc) is 2.50. The Labute approximate surface area is 136 Å². The number of carbonyl (C=O) groups is 1. The number of halogens is 1. The number of ether oxygens (including phenoxy) is 1. The van der Waals surface area contributed by atoms with Gasteiger partial charge in [-0.05, 0) is 31.5 Å². The van der Waals surface area contributed by atoms with Crippen molar-refractivity contribution in [3.05, 3.63) is 42.2 Å². The van der Waals surface area contributed by atoms with Crippen molar-refractivity contribution in [1.82, 2.24) is 10.6 Å². The molecule has 0 spiro atoms. The topological polar surface area (TPSA) is 53.6 Å². The third-order valence-electron chi connectivity index (χ3n) is 3.63. The van der Waals surface area contributed by atoms with Crippen molar-refractivity contribution in [3.63, 3.8) is 0 Å². The molecule has 0 aliphatic carbocycles. The van der Waals surface area contributed by atoms with Crippen LogP contribution in [-0.4, -0.2) is 37.9 Å². The number of nitrogens with one attached hydrogen (secondary N) is 2. The molecule has 2 rings (SSSR count). The molecule has 2 amide bonds. The molecule has 0 radical (unpaired) electrons. The summed E-state index contributed by atoms with van der Waals surface area (Å²) in [7, 11) is 0. The SMILES string of the molecule is C=CCNC(=O)NCc1ccc(N2CC(C)OC(C)C2)c(F)c1. The number of benzene rings is 1. The van der Waals surface area contributed by atoms with Crippen LogP contribution in [0.25, 0.3) is 0 Å². The number of morpholine rings is 1. The summed E-state index contributed by atoms with van der Waals surface area (Å²) >= 11 is 0. The second-order valence-corrected chi connectivity index (χ2v) is 5.80.